The molecule has 0 saturated carbocycles. The number of carbonyl (C=O) groups excluding carboxylic acids is 1. The van der Waals surface area contributed by atoms with E-state index in [2.05, 4.69) is 5.32 Å². The summed E-state index contributed by atoms with van der Waals surface area (Å²) in [5.74, 6) is -0.714. The fraction of sp³-hybridized carbons (Fsp3) is 0.133. The molecule has 1 unspecified atom stereocenters. The van der Waals surface area contributed by atoms with Crippen molar-refractivity contribution in [3.63, 3.8) is 0 Å². The lowest BCUT2D eigenvalue weighted by Gasteiger charge is -2.17. The van der Waals surface area contributed by atoms with E-state index in [1.807, 2.05) is 25.1 Å². The molecule has 0 saturated heterocycles. The number of primary amides is 1. The lowest BCUT2D eigenvalue weighted by molar-refractivity contribution is -0.384. The van der Waals surface area contributed by atoms with Crippen molar-refractivity contribution in [2.24, 2.45) is 5.73 Å². The molecule has 0 heterocycles. The van der Waals surface area contributed by atoms with Crippen LogP contribution in [0.4, 0.5) is 11.4 Å². The molecular formula is C15H14ClN3O3. The number of anilines is 1. The van der Waals surface area contributed by atoms with Gasteiger partial charge in [0.25, 0.3) is 5.69 Å². The van der Waals surface area contributed by atoms with Gasteiger partial charge in [-0.25, -0.2) is 0 Å². The number of nitrogens with zero attached hydrogens (tertiary/aromatic N) is 1. The van der Waals surface area contributed by atoms with E-state index in [0.29, 0.717) is 10.7 Å². The standard InChI is InChI=1S/C15H14ClN3O3/c1-9(11-4-2-3-5-12(11)16)18-13-7-6-10(15(17)20)8-14(13)19(21)22/h2-9,18H,1H3,(H2,17,20). The third-order valence-electron chi connectivity index (χ3n) is 3.22. The number of nitro groups is 1. The molecule has 0 aromatic heterocycles. The highest BCUT2D eigenvalue weighted by atomic mass is 35.5. The minimum atomic E-state index is -0.714. The summed E-state index contributed by atoms with van der Waals surface area (Å²) in [5.41, 5.74) is 6.13. The Morgan fingerprint density at radius 2 is 2.00 bits per heavy atom. The van der Waals surface area contributed by atoms with Crippen LogP contribution >= 0.6 is 11.6 Å². The SMILES string of the molecule is CC(Nc1ccc(C(N)=O)cc1[N+](=O)[O-])c1ccccc1Cl. The first-order valence-electron chi connectivity index (χ1n) is 6.49. The monoisotopic (exact) mass is 319 g/mol. The number of halogens is 1. The van der Waals surface area contributed by atoms with Gasteiger partial charge in [-0.1, -0.05) is 29.8 Å². The number of benzene rings is 2. The summed E-state index contributed by atoms with van der Waals surface area (Å²) in [6.07, 6.45) is 0. The molecule has 114 valence electrons. The van der Waals surface area contributed by atoms with Gasteiger partial charge in [-0.15, -0.1) is 0 Å². The summed E-state index contributed by atoms with van der Waals surface area (Å²) < 4.78 is 0. The molecule has 0 aliphatic heterocycles. The first-order valence-corrected chi connectivity index (χ1v) is 6.87. The van der Waals surface area contributed by atoms with Crippen LogP contribution in [0.15, 0.2) is 42.5 Å². The molecule has 6 nitrogen and oxygen atoms in total. The van der Waals surface area contributed by atoms with Crippen LogP contribution in [0.3, 0.4) is 0 Å². The lowest BCUT2D eigenvalue weighted by Crippen LogP contribution is -2.13. The largest absolute Gasteiger partial charge is 0.373 e. The van der Waals surface area contributed by atoms with Crippen molar-refractivity contribution in [1.29, 1.82) is 0 Å². The van der Waals surface area contributed by atoms with Crippen molar-refractivity contribution in [2.75, 3.05) is 5.32 Å². The molecule has 2 rings (SSSR count). The Bertz CT molecular complexity index is 734. The molecule has 0 bridgehead atoms. The molecule has 7 heteroatoms. The van der Waals surface area contributed by atoms with Crippen molar-refractivity contribution in [3.05, 3.63) is 68.7 Å². The van der Waals surface area contributed by atoms with Gasteiger partial charge in [-0.3, -0.25) is 14.9 Å². The number of amides is 1. The van der Waals surface area contributed by atoms with E-state index in [9.17, 15) is 14.9 Å². The van der Waals surface area contributed by atoms with Crippen molar-refractivity contribution in [1.82, 2.24) is 0 Å². The third kappa shape index (κ3) is 3.35. The first-order chi connectivity index (χ1) is 10.4. The highest BCUT2D eigenvalue weighted by Crippen LogP contribution is 2.31. The number of carbonyl (C=O) groups is 1. The van der Waals surface area contributed by atoms with E-state index in [-0.39, 0.29) is 17.3 Å². The molecule has 22 heavy (non-hydrogen) atoms. The van der Waals surface area contributed by atoms with Crippen molar-refractivity contribution in [2.45, 2.75) is 13.0 Å². The van der Waals surface area contributed by atoms with Crippen LogP contribution in [-0.4, -0.2) is 10.8 Å². The Morgan fingerprint density at radius 3 is 2.59 bits per heavy atom. The molecule has 0 radical (unpaired) electrons. The molecule has 0 fully saturated rings. The fourth-order valence-electron chi connectivity index (χ4n) is 2.10. The number of nitrogens with two attached hydrogens (primary N) is 1. The van der Waals surface area contributed by atoms with Gasteiger partial charge in [0.2, 0.25) is 5.91 Å². The zero-order valence-corrected chi connectivity index (χ0v) is 12.5. The highest BCUT2D eigenvalue weighted by Gasteiger charge is 2.19. The second kappa shape index (κ2) is 6.44. The zero-order valence-electron chi connectivity index (χ0n) is 11.7. The van der Waals surface area contributed by atoms with Gasteiger partial charge in [0.15, 0.2) is 0 Å². The van der Waals surface area contributed by atoms with Crippen molar-refractivity contribution in [3.8, 4) is 0 Å². The van der Waals surface area contributed by atoms with Crippen LogP contribution in [0.1, 0.15) is 28.9 Å². The summed E-state index contributed by atoms with van der Waals surface area (Å²) in [6.45, 7) is 1.84. The second-order valence-corrected chi connectivity index (χ2v) is 5.15. The van der Waals surface area contributed by atoms with Crippen LogP contribution in [-0.2, 0) is 0 Å². The predicted molar refractivity (Wildman–Crippen MR) is 85.1 cm³/mol. The van der Waals surface area contributed by atoms with Crippen LogP contribution < -0.4 is 11.1 Å². The topological polar surface area (TPSA) is 98.3 Å². The van der Waals surface area contributed by atoms with E-state index in [1.54, 1.807) is 6.07 Å². The molecule has 0 spiro atoms. The summed E-state index contributed by atoms with van der Waals surface area (Å²) in [5, 5.41) is 14.8. The fourth-order valence-corrected chi connectivity index (χ4v) is 2.39. The summed E-state index contributed by atoms with van der Waals surface area (Å²) in [7, 11) is 0. The molecule has 1 amide bonds. The van der Waals surface area contributed by atoms with Crippen LogP contribution in [0.2, 0.25) is 5.02 Å². The minimum absolute atomic E-state index is 0.0858. The lowest BCUT2D eigenvalue weighted by atomic mass is 10.1. The van der Waals surface area contributed by atoms with Crippen molar-refractivity contribution >= 4 is 28.9 Å². The zero-order chi connectivity index (χ0) is 16.3. The number of hydrogen-bond donors (Lipinski definition) is 2. The van der Waals surface area contributed by atoms with Gasteiger partial charge >= 0.3 is 0 Å². The van der Waals surface area contributed by atoms with Gasteiger partial charge in [-0.05, 0) is 30.7 Å². The Labute approximate surface area is 132 Å². The van der Waals surface area contributed by atoms with Crippen LogP contribution in [0.25, 0.3) is 0 Å². The van der Waals surface area contributed by atoms with Gasteiger partial charge in [0, 0.05) is 16.7 Å². The maximum atomic E-state index is 11.2. The average Bonchev–Trinajstić information content (AvgIpc) is 2.47. The van der Waals surface area contributed by atoms with Gasteiger partial charge < -0.3 is 11.1 Å². The average molecular weight is 320 g/mol. The molecule has 2 aromatic carbocycles. The normalized spacial score (nSPS) is 11.7. The van der Waals surface area contributed by atoms with E-state index < -0.39 is 10.8 Å². The van der Waals surface area contributed by atoms with E-state index in [0.717, 1.165) is 11.6 Å². The Hall–Kier alpha value is -2.60. The Morgan fingerprint density at radius 1 is 1.32 bits per heavy atom. The summed E-state index contributed by atoms with van der Waals surface area (Å²) in [6, 6.07) is 11.1. The van der Waals surface area contributed by atoms with Crippen LogP contribution in [0, 0.1) is 10.1 Å². The second-order valence-electron chi connectivity index (χ2n) is 4.74. The summed E-state index contributed by atoms with van der Waals surface area (Å²) in [4.78, 5) is 21.7. The molecule has 0 aliphatic rings. The van der Waals surface area contributed by atoms with Crippen LogP contribution in [0.5, 0.6) is 0 Å². The predicted octanol–water partition coefficient (Wildman–Crippen LogP) is 3.52. The third-order valence-corrected chi connectivity index (χ3v) is 3.57. The van der Waals surface area contributed by atoms with Gasteiger partial charge in [0.05, 0.1) is 11.0 Å². The molecular weight excluding hydrogens is 306 g/mol. The number of nitro benzene ring substituents is 1. The van der Waals surface area contributed by atoms with E-state index >= 15 is 0 Å². The maximum absolute atomic E-state index is 11.2. The van der Waals surface area contributed by atoms with E-state index in [1.165, 1.54) is 12.1 Å². The van der Waals surface area contributed by atoms with Crippen molar-refractivity contribution < 1.29 is 9.72 Å². The summed E-state index contributed by atoms with van der Waals surface area (Å²) >= 11 is 6.12. The Kier molecular flexibility index (Phi) is 4.62. The number of hydrogen-bond acceptors (Lipinski definition) is 4. The van der Waals surface area contributed by atoms with E-state index in [4.69, 9.17) is 17.3 Å². The highest BCUT2D eigenvalue weighted by molar-refractivity contribution is 6.31. The minimum Gasteiger partial charge on any atom is -0.373 e. The number of nitrogens with one attached hydrogen (secondary N) is 1. The number of rotatable bonds is 5. The molecule has 0 aliphatic carbocycles. The van der Waals surface area contributed by atoms with Gasteiger partial charge in [-0.2, -0.15) is 0 Å². The molecule has 2 aromatic rings. The quantitative estimate of drug-likeness (QED) is 0.650. The smallest absolute Gasteiger partial charge is 0.293 e. The molecule has 1 atom stereocenters. The first kappa shape index (κ1) is 15.8. The Balaban J connectivity index is 2.35. The maximum Gasteiger partial charge on any atom is 0.293 e. The van der Waals surface area contributed by atoms with Gasteiger partial charge in [0.1, 0.15) is 5.69 Å². The molecule has 3 N–H and O–H groups in total.